The van der Waals surface area contributed by atoms with Crippen LogP contribution in [0.2, 0.25) is 0 Å². The van der Waals surface area contributed by atoms with Crippen LogP contribution in [0.15, 0.2) is 57.6 Å². The third-order valence-electron chi connectivity index (χ3n) is 8.59. The molecular weight excluding hydrogens is 624 g/mol. The average Bonchev–Trinajstić information content (AvgIpc) is 3.65. The molecule has 6 rings (SSSR count). The van der Waals surface area contributed by atoms with Crippen LogP contribution in [0.4, 0.5) is 28.9 Å². The fourth-order valence-corrected chi connectivity index (χ4v) is 6.07. The van der Waals surface area contributed by atoms with E-state index >= 15 is 0 Å². The summed E-state index contributed by atoms with van der Waals surface area (Å²) in [6.45, 7) is 0.424. The van der Waals surface area contributed by atoms with Crippen molar-refractivity contribution in [3.63, 3.8) is 0 Å². The second kappa shape index (κ2) is 13.5. The van der Waals surface area contributed by atoms with Gasteiger partial charge < -0.3 is 28.7 Å². The van der Waals surface area contributed by atoms with E-state index in [1.54, 1.807) is 12.1 Å². The molecule has 0 spiro atoms. The van der Waals surface area contributed by atoms with E-state index < -0.39 is 36.1 Å². The van der Waals surface area contributed by atoms with Crippen molar-refractivity contribution in [1.29, 1.82) is 0 Å². The van der Waals surface area contributed by atoms with Gasteiger partial charge in [0.1, 0.15) is 0 Å². The van der Waals surface area contributed by atoms with Crippen LogP contribution >= 0.6 is 0 Å². The van der Waals surface area contributed by atoms with E-state index in [2.05, 4.69) is 9.98 Å². The maximum Gasteiger partial charge on any atom is 0.271 e. The van der Waals surface area contributed by atoms with Crippen molar-refractivity contribution in [1.82, 2.24) is 9.80 Å². The summed E-state index contributed by atoms with van der Waals surface area (Å²) in [4.78, 5) is 37.9. The highest BCUT2D eigenvalue weighted by Gasteiger charge is 2.38. The average molecular weight is 657 g/mol. The first kappa shape index (κ1) is 32.1. The highest BCUT2D eigenvalue weighted by atomic mass is 19.3. The zero-order chi connectivity index (χ0) is 33.2. The summed E-state index contributed by atoms with van der Waals surface area (Å²) in [5.41, 5.74) is 1.16. The maximum absolute atomic E-state index is 13.2. The Labute approximate surface area is 267 Å². The van der Waals surface area contributed by atoms with Crippen LogP contribution in [-0.2, 0) is 0 Å². The Kier molecular flexibility index (Phi) is 9.19. The predicted octanol–water partition coefficient (Wildman–Crippen LogP) is 6.49. The largest absolute Gasteiger partial charge is 0.493 e. The zero-order valence-electron chi connectivity index (χ0n) is 25.7. The van der Waals surface area contributed by atoms with Crippen molar-refractivity contribution in [2.45, 2.75) is 44.2 Å². The number of hydrogen-bond acceptors (Lipinski definition) is 8. The third-order valence-corrected chi connectivity index (χ3v) is 8.59. The highest BCUT2D eigenvalue weighted by Crippen LogP contribution is 2.41. The number of ether oxygens (including phenoxy) is 4. The van der Waals surface area contributed by atoms with Crippen LogP contribution in [0.3, 0.4) is 0 Å². The SMILES string of the molecule is COc1cc2c(cc1OCCCCCOc1cc3c(cc1OC)C(=O)N1CC(=C(F)F)C[C@H]1C=N3)N=C[C@@H]1CC(=C(F)F)CN1C2=O. The van der Waals surface area contributed by atoms with Crippen LogP contribution in [0, 0.1) is 0 Å². The Hall–Kier alpha value is -4.88. The molecule has 10 nitrogen and oxygen atoms in total. The number of fused-ring (bicyclic) bond motifs is 4. The lowest BCUT2D eigenvalue weighted by atomic mass is 10.1. The normalized spacial score (nSPS) is 19.5. The lowest BCUT2D eigenvalue weighted by Crippen LogP contribution is -2.35. The van der Waals surface area contributed by atoms with Gasteiger partial charge in [-0.2, -0.15) is 17.6 Å². The van der Waals surface area contributed by atoms with Crippen LogP contribution < -0.4 is 18.9 Å². The minimum absolute atomic E-state index is 0.0480. The van der Waals surface area contributed by atoms with Gasteiger partial charge in [-0.3, -0.25) is 19.6 Å². The first-order valence-corrected chi connectivity index (χ1v) is 15.1. The van der Waals surface area contributed by atoms with E-state index in [9.17, 15) is 27.2 Å². The number of benzene rings is 2. The Bertz CT molecular complexity index is 1590. The maximum atomic E-state index is 13.2. The van der Waals surface area contributed by atoms with Crippen molar-refractivity contribution in [3.8, 4) is 23.0 Å². The molecular formula is C33H32F4N4O6. The number of hydrogen-bond donors (Lipinski definition) is 0. The minimum Gasteiger partial charge on any atom is -0.493 e. The van der Waals surface area contributed by atoms with Crippen LogP contribution in [0.1, 0.15) is 52.8 Å². The molecule has 4 heterocycles. The fraction of sp³-hybridized carbons (Fsp3) is 0.394. The quantitative estimate of drug-likeness (QED) is 0.214. The third kappa shape index (κ3) is 6.41. The summed E-state index contributed by atoms with van der Waals surface area (Å²) < 4.78 is 75.5. The second-order valence-corrected chi connectivity index (χ2v) is 11.5. The summed E-state index contributed by atoms with van der Waals surface area (Å²) in [5.74, 6) is 0.715. The van der Waals surface area contributed by atoms with Gasteiger partial charge in [-0.1, -0.05) is 0 Å². The molecule has 47 heavy (non-hydrogen) atoms. The Morgan fingerprint density at radius 2 is 1.11 bits per heavy atom. The van der Waals surface area contributed by atoms with Crippen molar-refractivity contribution in [2.24, 2.45) is 9.98 Å². The fourth-order valence-electron chi connectivity index (χ4n) is 6.07. The number of nitrogens with zero attached hydrogens (tertiary/aromatic N) is 4. The van der Waals surface area contributed by atoms with Gasteiger partial charge in [0.25, 0.3) is 24.0 Å². The summed E-state index contributed by atoms with van der Waals surface area (Å²) in [7, 11) is 2.91. The summed E-state index contributed by atoms with van der Waals surface area (Å²) in [5, 5.41) is 0. The Morgan fingerprint density at radius 3 is 1.49 bits per heavy atom. The van der Waals surface area contributed by atoms with Gasteiger partial charge in [0.15, 0.2) is 23.0 Å². The number of unbranched alkanes of at least 4 members (excludes halogenated alkanes) is 2. The highest BCUT2D eigenvalue weighted by molar-refractivity contribution is 6.04. The first-order valence-electron chi connectivity index (χ1n) is 15.1. The van der Waals surface area contributed by atoms with E-state index in [0.717, 1.165) is 6.42 Å². The summed E-state index contributed by atoms with van der Waals surface area (Å²) >= 11 is 0. The van der Waals surface area contributed by atoms with Crippen molar-refractivity contribution in [2.75, 3.05) is 40.5 Å². The molecule has 248 valence electrons. The van der Waals surface area contributed by atoms with Gasteiger partial charge in [-0.15, -0.1) is 0 Å². The van der Waals surface area contributed by atoms with E-state index in [-0.39, 0.29) is 48.2 Å². The molecule has 0 aliphatic carbocycles. The van der Waals surface area contributed by atoms with Crippen LogP contribution in [-0.4, -0.2) is 86.6 Å². The molecule has 2 aromatic carbocycles. The first-order chi connectivity index (χ1) is 22.7. The van der Waals surface area contributed by atoms with E-state index in [1.807, 2.05) is 0 Å². The van der Waals surface area contributed by atoms with Gasteiger partial charge in [-0.05, 0) is 31.4 Å². The molecule has 0 bridgehead atoms. The number of rotatable bonds is 10. The molecule has 0 unspecified atom stereocenters. The van der Waals surface area contributed by atoms with Gasteiger partial charge in [-0.25, -0.2) is 0 Å². The molecule has 2 amide bonds. The molecule has 2 fully saturated rings. The molecule has 4 aliphatic heterocycles. The molecule has 4 aliphatic rings. The number of methoxy groups -OCH3 is 2. The molecule has 14 heteroatoms. The lowest BCUT2D eigenvalue weighted by Gasteiger charge is -2.20. The van der Waals surface area contributed by atoms with Gasteiger partial charge in [0, 0.05) is 61.6 Å². The zero-order valence-corrected chi connectivity index (χ0v) is 25.7. The molecule has 0 N–H and O–H groups in total. The standard InChI is InChI=1S/C33H32F4N4O6/c1-44-26-10-22-24(38-14-20-8-18(30(34)35)16-40(20)32(22)42)12-28(26)46-6-4-3-5-7-47-29-13-25-23(11-27(29)45-2)33(43)41-17-19(31(36)37)9-21(41)15-39-25/h10-15,20-21H,3-9,16-17H2,1-2H3/t20-,21-/m0/s1. The van der Waals surface area contributed by atoms with E-state index in [0.29, 0.717) is 60.4 Å². The minimum atomic E-state index is -1.76. The number of carbonyl (C=O) groups is 2. The molecule has 2 aromatic rings. The molecule has 0 saturated carbocycles. The summed E-state index contributed by atoms with van der Waals surface area (Å²) in [6.07, 6.45) is 1.72. The van der Waals surface area contributed by atoms with Crippen molar-refractivity contribution < 1.29 is 46.1 Å². The molecule has 0 radical (unpaired) electrons. The van der Waals surface area contributed by atoms with E-state index in [4.69, 9.17) is 18.9 Å². The number of carbonyl (C=O) groups excluding carboxylic acids is 2. The number of amides is 2. The Morgan fingerprint density at radius 1 is 0.681 bits per heavy atom. The van der Waals surface area contributed by atoms with Gasteiger partial charge >= 0.3 is 0 Å². The van der Waals surface area contributed by atoms with Crippen LogP contribution in [0.5, 0.6) is 23.0 Å². The molecule has 2 atom stereocenters. The van der Waals surface area contributed by atoms with Crippen molar-refractivity contribution >= 4 is 35.6 Å². The second-order valence-electron chi connectivity index (χ2n) is 11.5. The van der Waals surface area contributed by atoms with Gasteiger partial charge in [0.05, 0.1) is 62.0 Å². The van der Waals surface area contributed by atoms with Crippen LogP contribution in [0.25, 0.3) is 0 Å². The van der Waals surface area contributed by atoms with Crippen molar-refractivity contribution in [3.05, 3.63) is 58.7 Å². The smallest absolute Gasteiger partial charge is 0.271 e. The topological polar surface area (TPSA) is 102 Å². The van der Waals surface area contributed by atoms with Gasteiger partial charge in [0.2, 0.25) is 0 Å². The predicted molar refractivity (Wildman–Crippen MR) is 164 cm³/mol. The van der Waals surface area contributed by atoms with E-state index in [1.165, 1.54) is 48.6 Å². The number of halogens is 4. The molecule has 0 aromatic heterocycles. The monoisotopic (exact) mass is 656 g/mol. The lowest BCUT2D eigenvalue weighted by molar-refractivity contribution is 0.0769. The molecule has 2 saturated heterocycles. The number of aliphatic imine (C=N–C) groups is 2. The summed E-state index contributed by atoms with van der Waals surface area (Å²) in [6, 6.07) is 5.23. The Balaban J connectivity index is 1.02.